The van der Waals surface area contributed by atoms with Crippen LogP contribution in [0.25, 0.3) is 0 Å². The predicted molar refractivity (Wildman–Crippen MR) is 72.0 cm³/mol. The molecule has 0 aromatic heterocycles. The zero-order chi connectivity index (χ0) is 14.6. The summed E-state index contributed by atoms with van der Waals surface area (Å²) in [6.07, 6.45) is 0.492. The summed E-state index contributed by atoms with van der Waals surface area (Å²) >= 11 is 0. The average molecular weight is 278 g/mol. The van der Waals surface area contributed by atoms with Crippen LogP contribution in [0.15, 0.2) is 24.3 Å². The Bertz CT molecular complexity index is 489. The van der Waals surface area contributed by atoms with Gasteiger partial charge in [-0.05, 0) is 24.0 Å². The van der Waals surface area contributed by atoms with Gasteiger partial charge >= 0.3 is 11.9 Å². The molecule has 20 heavy (non-hydrogen) atoms. The van der Waals surface area contributed by atoms with Crippen LogP contribution in [0.1, 0.15) is 30.4 Å². The summed E-state index contributed by atoms with van der Waals surface area (Å²) in [5.41, 5.74) is 0.844. The van der Waals surface area contributed by atoms with E-state index in [4.69, 9.17) is 5.11 Å². The van der Waals surface area contributed by atoms with Crippen LogP contribution in [0.4, 0.5) is 0 Å². The molecule has 0 saturated heterocycles. The third-order valence-corrected chi connectivity index (χ3v) is 3.59. The predicted octanol–water partition coefficient (Wildman–Crippen LogP) is 0.915. The van der Waals surface area contributed by atoms with Gasteiger partial charge in [0.05, 0.1) is 0 Å². The van der Waals surface area contributed by atoms with E-state index in [1.807, 2.05) is 24.3 Å². The van der Waals surface area contributed by atoms with Crippen LogP contribution in [0, 0.1) is 0 Å². The molecule has 0 amide bonds. The number of carbonyl (C=O) groups is 2. The number of aliphatic carboxylic acids is 2. The van der Waals surface area contributed by atoms with Gasteiger partial charge in [-0.2, -0.15) is 0 Å². The number of hydrogen-bond acceptors (Lipinski definition) is 4. The molecule has 1 aromatic rings. The van der Waals surface area contributed by atoms with Gasteiger partial charge in [-0.1, -0.05) is 24.3 Å². The summed E-state index contributed by atoms with van der Waals surface area (Å²) in [6.45, 7) is 0.894. The van der Waals surface area contributed by atoms with Crippen molar-refractivity contribution >= 4 is 11.9 Å². The number of nitrogens with one attached hydrogen (secondary N) is 2. The Morgan fingerprint density at radius 3 is 2.10 bits per heavy atom. The van der Waals surface area contributed by atoms with Gasteiger partial charge in [0.2, 0.25) is 0 Å². The van der Waals surface area contributed by atoms with Gasteiger partial charge in [0.25, 0.3) is 0 Å². The van der Waals surface area contributed by atoms with E-state index in [1.165, 1.54) is 0 Å². The van der Waals surface area contributed by atoms with Crippen LogP contribution in [0.5, 0.6) is 0 Å². The molecule has 0 radical (unpaired) electrons. The largest absolute Gasteiger partial charge is 0.481 e. The minimum atomic E-state index is -1.27. The molecule has 0 saturated carbocycles. The van der Waals surface area contributed by atoms with Crippen LogP contribution in [0.3, 0.4) is 0 Å². The Kier molecular flexibility index (Phi) is 4.36. The van der Waals surface area contributed by atoms with Gasteiger partial charge in [0, 0.05) is 19.5 Å². The first-order chi connectivity index (χ1) is 9.53. The molecule has 0 unspecified atom stereocenters. The molecule has 0 atom stereocenters. The zero-order valence-electron chi connectivity index (χ0n) is 11.1. The number of carboxylic acid groups (broad SMARTS) is 2. The number of rotatable bonds is 5. The summed E-state index contributed by atoms with van der Waals surface area (Å²) < 4.78 is 0. The smallest absolute Gasteiger partial charge is 0.338 e. The lowest BCUT2D eigenvalue weighted by atomic mass is 10.0. The van der Waals surface area contributed by atoms with Crippen molar-refractivity contribution in [3.8, 4) is 0 Å². The van der Waals surface area contributed by atoms with Crippen LogP contribution < -0.4 is 10.6 Å². The molecule has 4 N–H and O–H groups in total. The topological polar surface area (TPSA) is 98.7 Å². The Hall–Kier alpha value is -1.92. The second-order valence-electron chi connectivity index (χ2n) is 4.93. The molecule has 6 nitrogen and oxygen atoms in total. The minimum absolute atomic E-state index is 0.0364. The monoisotopic (exact) mass is 278 g/mol. The van der Waals surface area contributed by atoms with E-state index in [0.29, 0.717) is 19.5 Å². The molecule has 2 rings (SSSR count). The highest BCUT2D eigenvalue weighted by atomic mass is 16.4. The van der Waals surface area contributed by atoms with Gasteiger partial charge in [0.1, 0.15) is 0 Å². The third-order valence-electron chi connectivity index (χ3n) is 3.59. The van der Waals surface area contributed by atoms with Crippen molar-refractivity contribution in [2.45, 2.75) is 38.0 Å². The van der Waals surface area contributed by atoms with Gasteiger partial charge < -0.3 is 10.2 Å². The van der Waals surface area contributed by atoms with Crippen molar-refractivity contribution in [2.24, 2.45) is 0 Å². The first-order valence-corrected chi connectivity index (χ1v) is 6.55. The van der Waals surface area contributed by atoms with E-state index in [9.17, 15) is 14.7 Å². The van der Waals surface area contributed by atoms with Crippen molar-refractivity contribution in [2.75, 3.05) is 0 Å². The molecule has 1 aliphatic rings. The molecular formula is C14H18N2O4. The van der Waals surface area contributed by atoms with Crippen LogP contribution in [-0.4, -0.2) is 27.8 Å². The molecule has 1 aromatic carbocycles. The average Bonchev–Trinajstić information content (AvgIpc) is 2.60. The second kappa shape index (κ2) is 6.02. The lowest BCUT2D eigenvalue weighted by molar-refractivity contribution is -0.148. The highest BCUT2D eigenvalue weighted by Gasteiger charge is 2.38. The van der Waals surface area contributed by atoms with Gasteiger partial charge in [-0.15, -0.1) is 0 Å². The van der Waals surface area contributed by atoms with E-state index < -0.39 is 17.6 Å². The normalized spacial score (nSPS) is 17.0. The summed E-state index contributed by atoms with van der Waals surface area (Å²) in [5, 5.41) is 24.2. The molecule has 6 heteroatoms. The van der Waals surface area contributed by atoms with E-state index in [-0.39, 0.29) is 12.8 Å². The number of fused-ring (bicyclic) bond motifs is 1. The van der Waals surface area contributed by atoms with Crippen LogP contribution in [-0.2, 0) is 22.7 Å². The van der Waals surface area contributed by atoms with E-state index in [2.05, 4.69) is 10.6 Å². The van der Waals surface area contributed by atoms with Crippen molar-refractivity contribution in [3.05, 3.63) is 35.4 Å². The van der Waals surface area contributed by atoms with Crippen LogP contribution in [0.2, 0.25) is 0 Å². The van der Waals surface area contributed by atoms with Crippen molar-refractivity contribution in [1.82, 2.24) is 10.6 Å². The Labute approximate surface area is 116 Å². The fourth-order valence-electron chi connectivity index (χ4n) is 2.40. The summed E-state index contributed by atoms with van der Waals surface area (Å²) in [6, 6.07) is 7.75. The number of hydrogen-bond donors (Lipinski definition) is 4. The van der Waals surface area contributed by atoms with E-state index in [1.54, 1.807) is 0 Å². The van der Waals surface area contributed by atoms with E-state index in [0.717, 1.165) is 11.1 Å². The zero-order valence-corrected chi connectivity index (χ0v) is 11.1. The SMILES string of the molecule is O=C(O)CCCC1(C(=O)O)NCc2ccccc2CN1. The Morgan fingerprint density at radius 1 is 1.10 bits per heavy atom. The maximum atomic E-state index is 11.6. The number of carboxylic acids is 2. The highest BCUT2D eigenvalue weighted by molar-refractivity contribution is 5.78. The van der Waals surface area contributed by atoms with Gasteiger partial charge in [-0.3, -0.25) is 15.4 Å². The lowest BCUT2D eigenvalue weighted by Gasteiger charge is -2.30. The summed E-state index contributed by atoms with van der Waals surface area (Å²) in [5.74, 6) is -1.92. The first kappa shape index (κ1) is 14.5. The fraction of sp³-hybridized carbons (Fsp3) is 0.429. The van der Waals surface area contributed by atoms with E-state index >= 15 is 0 Å². The molecule has 0 aliphatic carbocycles. The highest BCUT2D eigenvalue weighted by Crippen LogP contribution is 2.20. The molecule has 0 bridgehead atoms. The standard InChI is InChI=1S/C14H18N2O4/c17-12(18)6-3-7-14(13(19)20)15-8-10-4-1-2-5-11(10)9-16-14/h1-2,4-5,15-16H,3,6-9H2,(H,17,18)(H,19,20). The first-order valence-electron chi connectivity index (χ1n) is 6.55. The van der Waals surface area contributed by atoms with Crippen molar-refractivity contribution < 1.29 is 19.8 Å². The molecule has 1 aliphatic heterocycles. The van der Waals surface area contributed by atoms with Crippen LogP contribution >= 0.6 is 0 Å². The molecule has 1 heterocycles. The quantitative estimate of drug-likeness (QED) is 0.639. The fourth-order valence-corrected chi connectivity index (χ4v) is 2.40. The molecular weight excluding hydrogens is 260 g/mol. The van der Waals surface area contributed by atoms with Gasteiger partial charge in [-0.25, -0.2) is 4.79 Å². The second-order valence-corrected chi connectivity index (χ2v) is 4.93. The summed E-state index contributed by atoms with van der Waals surface area (Å²) in [7, 11) is 0. The maximum Gasteiger partial charge on any atom is 0.338 e. The molecule has 0 spiro atoms. The maximum absolute atomic E-state index is 11.6. The van der Waals surface area contributed by atoms with Crippen molar-refractivity contribution in [3.63, 3.8) is 0 Å². The Balaban J connectivity index is 2.11. The number of benzene rings is 1. The Morgan fingerprint density at radius 2 is 1.65 bits per heavy atom. The van der Waals surface area contributed by atoms with Gasteiger partial charge in [0.15, 0.2) is 5.66 Å². The lowest BCUT2D eigenvalue weighted by Crippen LogP contribution is -2.60. The van der Waals surface area contributed by atoms with Crippen molar-refractivity contribution in [1.29, 1.82) is 0 Å². The molecule has 0 fully saturated rings. The third kappa shape index (κ3) is 3.15. The minimum Gasteiger partial charge on any atom is -0.481 e. The molecule has 108 valence electrons. The summed E-state index contributed by atoms with van der Waals surface area (Å²) in [4.78, 5) is 22.2.